The van der Waals surface area contributed by atoms with Crippen LogP contribution in [0.4, 0.5) is 0 Å². The monoisotopic (exact) mass is 264 g/mol. The smallest absolute Gasteiger partial charge is 0.309 e. The van der Waals surface area contributed by atoms with Gasteiger partial charge in [0.1, 0.15) is 0 Å². The summed E-state index contributed by atoms with van der Waals surface area (Å²) in [7, 11) is 2.66. The molecule has 4 nitrogen and oxygen atoms in total. The van der Waals surface area contributed by atoms with E-state index in [1.807, 2.05) is 37.3 Å². The Labute approximate surface area is 113 Å². The van der Waals surface area contributed by atoms with Crippen LogP contribution in [-0.4, -0.2) is 26.2 Å². The Morgan fingerprint density at radius 1 is 1.11 bits per heavy atom. The normalized spacial score (nSPS) is 13.4. The van der Waals surface area contributed by atoms with Gasteiger partial charge in [-0.15, -0.1) is 0 Å². The van der Waals surface area contributed by atoms with Crippen LogP contribution < -0.4 is 0 Å². The van der Waals surface area contributed by atoms with Crippen molar-refractivity contribution >= 4 is 11.9 Å². The summed E-state index contributed by atoms with van der Waals surface area (Å²) in [6, 6.07) is 9.68. The first kappa shape index (κ1) is 15.2. The average molecular weight is 264 g/mol. The van der Waals surface area contributed by atoms with E-state index in [0.29, 0.717) is 0 Å². The summed E-state index contributed by atoms with van der Waals surface area (Å²) in [6.07, 6.45) is 0.789. The Morgan fingerprint density at radius 3 is 2.21 bits per heavy atom. The Balaban J connectivity index is 2.99. The van der Waals surface area contributed by atoms with Gasteiger partial charge >= 0.3 is 11.9 Å². The van der Waals surface area contributed by atoms with E-state index in [2.05, 4.69) is 4.74 Å². The quantitative estimate of drug-likeness (QED) is 0.741. The molecular weight excluding hydrogens is 244 g/mol. The summed E-state index contributed by atoms with van der Waals surface area (Å²) < 4.78 is 9.47. The standard InChI is InChI=1S/C15H20O4/c1-4-12(11-8-6-5-7-9-11)13(15(17)19-3)10-14(16)18-2/h5-9,12-13H,4,10H2,1-3H3. The summed E-state index contributed by atoms with van der Waals surface area (Å²) in [5, 5.41) is 0. The molecule has 1 aromatic rings. The van der Waals surface area contributed by atoms with Crippen LogP contribution in [0.2, 0.25) is 0 Å². The van der Waals surface area contributed by atoms with Gasteiger partial charge in [0.25, 0.3) is 0 Å². The third-order valence-corrected chi connectivity index (χ3v) is 3.27. The predicted molar refractivity (Wildman–Crippen MR) is 71.6 cm³/mol. The largest absolute Gasteiger partial charge is 0.469 e. The number of esters is 2. The lowest BCUT2D eigenvalue weighted by molar-refractivity contribution is -0.153. The van der Waals surface area contributed by atoms with E-state index < -0.39 is 11.9 Å². The highest BCUT2D eigenvalue weighted by Crippen LogP contribution is 2.31. The second-order valence-corrected chi connectivity index (χ2v) is 4.34. The molecule has 19 heavy (non-hydrogen) atoms. The van der Waals surface area contributed by atoms with Crippen LogP contribution in [0, 0.1) is 5.92 Å². The summed E-state index contributed by atoms with van der Waals surface area (Å²) in [5.41, 5.74) is 1.03. The van der Waals surface area contributed by atoms with Gasteiger partial charge in [0.05, 0.1) is 26.6 Å². The Hall–Kier alpha value is -1.84. The molecule has 104 valence electrons. The van der Waals surface area contributed by atoms with Gasteiger partial charge in [0, 0.05) is 0 Å². The summed E-state index contributed by atoms with van der Waals surface area (Å²) in [4.78, 5) is 23.4. The highest BCUT2D eigenvalue weighted by Gasteiger charge is 2.31. The van der Waals surface area contributed by atoms with Gasteiger partial charge in [-0.25, -0.2) is 0 Å². The van der Waals surface area contributed by atoms with Crippen molar-refractivity contribution in [3.63, 3.8) is 0 Å². The molecule has 1 rings (SSSR count). The van der Waals surface area contributed by atoms with E-state index in [9.17, 15) is 9.59 Å². The molecule has 2 atom stereocenters. The third-order valence-electron chi connectivity index (χ3n) is 3.27. The van der Waals surface area contributed by atoms with Crippen molar-refractivity contribution in [2.24, 2.45) is 5.92 Å². The second kappa shape index (κ2) is 7.56. The first-order valence-corrected chi connectivity index (χ1v) is 6.33. The van der Waals surface area contributed by atoms with Crippen molar-refractivity contribution in [3.8, 4) is 0 Å². The van der Waals surface area contributed by atoms with E-state index in [-0.39, 0.29) is 18.3 Å². The topological polar surface area (TPSA) is 52.6 Å². The molecule has 0 aliphatic carbocycles. The van der Waals surface area contributed by atoms with Gasteiger partial charge in [-0.05, 0) is 17.9 Å². The lowest BCUT2D eigenvalue weighted by atomic mass is 9.82. The minimum absolute atomic E-state index is 0.0383. The number of rotatable bonds is 6. The Morgan fingerprint density at radius 2 is 1.74 bits per heavy atom. The lowest BCUT2D eigenvalue weighted by Gasteiger charge is -2.23. The van der Waals surface area contributed by atoms with Crippen molar-refractivity contribution in [1.82, 2.24) is 0 Å². The van der Waals surface area contributed by atoms with Crippen molar-refractivity contribution in [1.29, 1.82) is 0 Å². The van der Waals surface area contributed by atoms with E-state index in [1.165, 1.54) is 14.2 Å². The van der Waals surface area contributed by atoms with E-state index >= 15 is 0 Å². The average Bonchev–Trinajstić information content (AvgIpc) is 2.47. The van der Waals surface area contributed by atoms with Crippen molar-refractivity contribution in [2.75, 3.05) is 14.2 Å². The minimum Gasteiger partial charge on any atom is -0.469 e. The maximum absolute atomic E-state index is 11.9. The maximum Gasteiger partial charge on any atom is 0.309 e. The van der Waals surface area contributed by atoms with Crippen LogP contribution in [-0.2, 0) is 19.1 Å². The number of carbonyl (C=O) groups excluding carboxylic acids is 2. The number of hydrogen-bond acceptors (Lipinski definition) is 4. The van der Waals surface area contributed by atoms with E-state index in [1.54, 1.807) is 0 Å². The molecule has 0 bridgehead atoms. The summed E-state index contributed by atoms with van der Waals surface area (Å²) >= 11 is 0. The Bertz CT molecular complexity index is 413. The SMILES string of the molecule is CCC(c1ccccc1)C(CC(=O)OC)C(=O)OC. The molecule has 0 heterocycles. The summed E-state index contributed by atoms with van der Waals surface area (Å²) in [6.45, 7) is 1.99. The molecule has 0 saturated heterocycles. The van der Waals surface area contributed by atoms with Gasteiger partial charge in [-0.2, -0.15) is 0 Å². The van der Waals surface area contributed by atoms with Crippen LogP contribution in [0.25, 0.3) is 0 Å². The zero-order valence-electron chi connectivity index (χ0n) is 11.6. The highest BCUT2D eigenvalue weighted by molar-refractivity contribution is 5.80. The molecule has 4 heteroatoms. The second-order valence-electron chi connectivity index (χ2n) is 4.34. The van der Waals surface area contributed by atoms with Gasteiger partial charge in [0.2, 0.25) is 0 Å². The first-order chi connectivity index (χ1) is 9.13. The molecule has 0 spiro atoms. The number of hydrogen-bond donors (Lipinski definition) is 0. The van der Waals surface area contributed by atoms with Crippen molar-refractivity contribution < 1.29 is 19.1 Å². The van der Waals surface area contributed by atoms with Crippen LogP contribution >= 0.6 is 0 Å². The number of benzene rings is 1. The lowest BCUT2D eigenvalue weighted by Crippen LogP contribution is -2.26. The van der Waals surface area contributed by atoms with Crippen LogP contribution in [0.15, 0.2) is 30.3 Å². The number of ether oxygens (including phenoxy) is 2. The van der Waals surface area contributed by atoms with E-state index in [4.69, 9.17) is 4.74 Å². The molecule has 0 radical (unpaired) electrons. The minimum atomic E-state index is -0.509. The third kappa shape index (κ3) is 4.09. The van der Waals surface area contributed by atoms with Crippen LogP contribution in [0.5, 0.6) is 0 Å². The molecular formula is C15H20O4. The molecule has 0 N–H and O–H groups in total. The van der Waals surface area contributed by atoms with Crippen LogP contribution in [0.3, 0.4) is 0 Å². The highest BCUT2D eigenvalue weighted by atomic mass is 16.5. The predicted octanol–water partition coefficient (Wildman–Crippen LogP) is 2.53. The van der Waals surface area contributed by atoms with Gasteiger partial charge < -0.3 is 9.47 Å². The molecule has 0 aliphatic rings. The van der Waals surface area contributed by atoms with E-state index in [0.717, 1.165) is 12.0 Å². The van der Waals surface area contributed by atoms with Gasteiger partial charge in [-0.3, -0.25) is 9.59 Å². The van der Waals surface area contributed by atoms with Crippen molar-refractivity contribution in [2.45, 2.75) is 25.7 Å². The zero-order chi connectivity index (χ0) is 14.3. The maximum atomic E-state index is 11.9. The molecule has 0 aliphatic heterocycles. The molecule has 0 fully saturated rings. The Kier molecular flexibility index (Phi) is 6.06. The number of carbonyl (C=O) groups is 2. The molecule has 0 aromatic heterocycles. The number of methoxy groups -OCH3 is 2. The van der Waals surface area contributed by atoms with Gasteiger partial charge in [-0.1, -0.05) is 37.3 Å². The molecule has 0 amide bonds. The van der Waals surface area contributed by atoms with Gasteiger partial charge in [0.15, 0.2) is 0 Å². The van der Waals surface area contributed by atoms with Crippen molar-refractivity contribution in [3.05, 3.63) is 35.9 Å². The zero-order valence-corrected chi connectivity index (χ0v) is 11.6. The molecule has 1 aromatic carbocycles. The molecule has 0 saturated carbocycles. The fraction of sp³-hybridized carbons (Fsp3) is 0.467. The first-order valence-electron chi connectivity index (χ1n) is 6.33. The van der Waals surface area contributed by atoms with Crippen LogP contribution in [0.1, 0.15) is 31.2 Å². The molecule has 2 unspecified atom stereocenters. The fourth-order valence-corrected chi connectivity index (χ4v) is 2.26. The fourth-order valence-electron chi connectivity index (χ4n) is 2.26. The summed E-state index contributed by atoms with van der Waals surface area (Å²) in [5.74, 6) is -1.33.